The third kappa shape index (κ3) is 3.34. The molecule has 0 spiro atoms. The van der Waals surface area contributed by atoms with Crippen LogP contribution in [-0.4, -0.2) is 17.3 Å². The molecule has 2 atom stereocenters. The van der Waals surface area contributed by atoms with E-state index in [9.17, 15) is 5.11 Å². The van der Waals surface area contributed by atoms with Crippen molar-refractivity contribution in [3.8, 4) is 0 Å². The largest absolute Gasteiger partial charge is 0.453 e. The minimum atomic E-state index is -0.207. The molecule has 1 aliphatic rings. The molecule has 1 heterocycles. The number of hydrogen-bond acceptors (Lipinski definition) is 3. The second-order valence-corrected chi connectivity index (χ2v) is 5.18. The van der Waals surface area contributed by atoms with Gasteiger partial charge in [0.15, 0.2) is 4.67 Å². The Kier molecular flexibility index (Phi) is 4.44. The van der Waals surface area contributed by atoms with Gasteiger partial charge < -0.3 is 14.8 Å². The van der Waals surface area contributed by atoms with Gasteiger partial charge in [-0.15, -0.1) is 0 Å². The molecule has 3 nitrogen and oxygen atoms in total. The second kappa shape index (κ2) is 5.84. The van der Waals surface area contributed by atoms with Crippen molar-refractivity contribution in [3.05, 3.63) is 22.6 Å². The summed E-state index contributed by atoms with van der Waals surface area (Å²) in [6, 6.07) is 4.05. The first kappa shape index (κ1) is 12.1. The Morgan fingerprint density at radius 2 is 2.12 bits per heavy atom. The summed E-state index contributed by atoms with van der Waals surface area (Å²) in [6.45, 7) is 0.688. The lowest BCUT2D eigenvalue weighted by Gasteiger charge is -2.21. The Morgan fingerprint density at radius 3 is 2.88 bits per heavy atom. The van der Waals surface area contributed by atoms with Gasteiger partial charge in [-0.25, -0.2) is 0 Å². The Hall–Kier alpha value is -0.320. The van der Waals surface area contributed by atoms with Gasteiger partial charge >= 0.3 is 0 Å². The van der Waals surface area contributed by atoms with Crippen molar-refractivity contribution in [3.63, 3.8) is 0 Å². The standard InChI is InChI=1S/C12H18BrNO2/c13-12-7-6-9(16-12)8-14-10-4-2-1-3-5-11(10)15/h6-7,10-11,14-15H,1-5,8H2. The van der Waals surface area contributed by atoms with Crippen molar-refractivity contribution in [1.82, 2.24) is 5.32 Å². The van der Waals surface area contributed by atoms with Gasteiger partial charge in [0.1, 0.15) is 5.76 Å². The maximum Gasteiger partial charge on any atom is 0.169 e. The molecule has 1 aliphatic carbocycles. The Morgan fingerprint density at radius 1 is 1.31 bits per heavy atom. The fourth-order valence-corrected chi connectivity index (χ4v) is 2.54. The predicted molar refractivity (Wildman–Crippen MR) is 66.1 cm³/mol. The second-order valence-electron chi connectivity index (χ2n) is 4.40. The van der Waals surface area contributed by atoms with E-state index in [-0.39, 0.29) is 12.1 Å². The molecule has 1 saturated carbocycles. The molecule has 0 bridgehead atoms. The molecule has 2 rings (SSSR count). The summed E-state index contributed by atoms with van der Waals surface area (Å²) >= 11 is 3.28. The van der Waals surface area contributed by atoms with Gasteiger partial charge in [0.2, 0.25) is 0 Å². The average molecular weight is 288 g/mol. The van der Waals surface area contributed by atoms with Gasteiger partial charge in [0, 0.05) is 6.04 Å². The van der Waals surface area contributed by atoms with E-state index in [1.165, 1.54) is 12.8 Å². The van der Waals surface area contributed by atoms with Crippen LogP contribution in [-0.2, 0) is 6.54 Å². The number of aliphatic hydroxyl groups excluding tert-OH is 1. The van der Waals surface area contributed by atoms with E-state index in [2.05, 4.69) is 21.2 Å². The van der Waals surface area contributed by atoms with Gasteiger partial charge in [-0.1, -0.05) is 19.3 Å². The molecule has 0 aliphatic heterocycles. The molecule has 0 amide bonds. The molecule has 90 valence electrons. The zero-order chi connectivity index (χ0) is 11.4. The minimum absolute atomic E-state index is 0.207. The van der Waals surface area contributed by atoms with Crippen molar-refractivity contribution in [2.75, 3.05) is 0 Å². The van der Waals surface area contributed by atoms with E-state index < -0.39 is 0 Å². The highest BCUT2D eigenvalue weighted by Crippen LogP contribution is 2.19. The summed E-state index contributed by atoms with van der Waals surface area (Å²) in [5, 5.41) is 13.3. The molecule has 1 fully saturated rings. The molecule has 16 heavy (non-hydrogen) atoms. The maximum absolute atomic E-state index is 9.93. The highest BCUT2D eigenvalue weighted by atomic mass is 79.9. The summed E-state index contributed by atoms with van der Waals surface area (Å²) in [5.41, 5.74) is 0. The smallest absolute Gasteiger partial charge is 0.169 e. The zero-order valence-corrected chi connectivity index (χ0v) is 10.9. The number of furan rings is 1. The lowest BCUT2D eigenvalue weighted by atomic mass is 10.1. The lowest BCUT2D eigenvalue weighted by Crippen LogP contribution is -2.38. The molecule has 4 heteroatoms. The molecule has 0 aromatic carbocycles. The van der Waals surface area contributed by atoms with Gasteiger partial charge in [-0.2, -0.15) is 0 Å². The van der Waals surface area contributed by atoms with Crippen LogP contribution in [0.2, 0.25) is 0 Å². The normalized spacial score (nSPS) is 26.6. The highest BCUT2D eigenvalue weighted by molar-refractivity contribution is 9.10. The summed E-state index contributed by atoms with van der Waals surface area (Å²) in [7, 11) is 0. The van der Waals surface area contributed by atoms with Gasteiger partial charge in [-0.05, 0) is 40.9 Å². The zero-order valence-electron chi connectivity index (χ0n) is 9.29. The first-order valence-electron chi connectivity index (χ1n) is 5.91. The van der Waals surface area contributed by atoms with Crippen molar-refractivity contribution in [1.29, 1.82) is 0 Å². The predicted octanol–water partition coefficient (Wildman–Crippen LogP) is 2.83. The Labute approximate surface area is 104 Å². The molecule has 1 aromatic rings. The van der Waals surface area contributed by atoms with E-state index in [1.54, 1.807) is 0 Å². The summed E-state index contributed by atoms with van der Waals surface area (Å²) < 4.78 is 6.17. The first-order valence-corrected chi connectivity index (χ1v) is 6.70. The number of hydrogen-bond donors (Lipinski definition) is 2. The van der Waals surface area contributed by atoms with Crippen LogP contribution in [0.4, 0.5) is 0 Å². The number of aliphatic hydroxyl groups is 1. The Balaban J connectivity index is 1.83. The number of nitrogens with one attached hydrogen (secondary N) is 1. The third-order valence-corrected chi connectivity index (χ3v) is 3.57. The Bertz CT molecular complexity index is 327. The molecule has 1 aromatic heterocycles. The van der Waals surface area contributed by atoms with Crippen LogP contribution in [0.25, 0.3) is 0 Å². The molecule has 2 unspecified atom stereocenters. The van der Waals surface area contributed by atoms with E-state index in [0.717, 1.165) is 29.7 Å². The number of rotatable bonds is 3. The van der Waals surface area contributed by atoms with Crippen LogP contribution in [0.5, 0.6) is 0 Å². The molecule has 0 saturated heterocycles. The van der Waals surface area contributed by atoms with Gasteiger partial charge in [0.25, 0.3) is 0 Å². The molecule has 0 radical (unpaired) electrons. The van der Waals surface area contributed by atoms with Crippen molar-refractivity contribution in [2.45, 2.75) is 50.8 Å². The molecular weight excluding hydrogens is 270 g/mol. The van der Waals surface area contributed by atoms with Crippen LogP contribution in [0.3, 0.4) is 0 Å². The quantitative estimate of drug-likeness (QED) is 0.841. The molecular formula is C12H18BrNO2. The lowest BCUT2D eigenvalue weighted by molar-refractivity contribution is 0.118. The highest BCUT2D eigenvalue weighted by Gasteiger charge is 2.21. The minimum Gasteiger partial charge on any atom is -0.453 e. The monoisotopic (exact) mass is 287 g/mol. The maximum atomic E-state index is 9.93. The van der Waals surface area contributed by atoms with Crippen molar-refractivity contribution >= 4 is 15.9 Å². The van der Waals surface area contributed by atoms with E-state index in [4.69, 9.17) is 4.42 Å². The number of halogens is 1. The summed E-state index contributed by atoms with van der Waals surface area (Å²) in [4.78, 5) is 0. The SMILES string of the molecule is OC1CCCCCC1NCc1ccc(Br)o1. The average Bonchev–Trinajstić information content (AvgIpc) is 2.56. The molecule has 2 N–H and O–H groups in total. The van der Waals surface area contributed by atoms with Gasteiger partial charge in [-0.3, -0.25) is 0 Å². The van der Waals surface area contributed by atoms with Gasteiger partial charge in [0.05, 0.1) is 12.6 Å². The van der Waals surface area contributed by atoms with Crippen LogP contribution in [0.1, 0.15) is 37.9 Å². The first-order chi connectivity index (χ1) is 7.75. The summed E-state index contributed by atoms with van der Waals surface area (Å²) in [6.07, 6.45) is 5.35. The van der Waals surface area contributed by atoms with Crippen LogP contribution in [0.15, 0.2) is 21.2 Å². The van der Waals surface area contributed by atoms with Crippen molar-refractivity contribution < 1.29 is 9.52 Å². The van der Waals surface area contributed by atoms with Crippen LogP contribution < -0.4 is 5.32 Å². The fourth-order valence-electron chi connectivity index (χ4n) is 2.20. The summed E-state index contributed by atoms with van der Waals surface area (Å²) in [5.74, 6) is 0.906. The third-order valence-electron chi connectivity index (χ3n) is 3.15. The van der Waals surface area contributed by atoms with E-state index >= 15 is 0 Å². The van der Waals surface area contributed by atoms with E-state index in [1.807, 2.05) is 12.1 Å². The van der Waals surface area contributed by atoms with Crippen molar-refractivity contribution in [2.24, 2.45) is 0 Å². The fraction of sp³-hybridized carbons (Fsp3) is 0.667. The van der Waals surface area contributed by atoms with Crippen LogP contribution >= 0.6 is 15.9 Å². The van der Waals surface area contributed by atoms with E-state index in [0.29, 0.717) is 6.54 Å². The topological polar surface area (TPSA) is 45.4 Å². The van der Waals surface area contributed by atoms with Crippen LogP contribution in [0, 0.1) is 0 Å².